The summed E-state index contributed by atoms with van der Waals surface area (Å²) in [5.41, 5.74) is 0.449. The van der Waals surface area contributed by atoms with Crippen LogP contribution in [0.5, 0.6) is 0 Å². The molecule has 1 heterocycles. The Balaban J connectivity index is 1.99. The van der Waals surface area contributed by atoms with E-state index in [2.05, 4.69) is 0 Å². The van der Waals surface area contributed by atoms with E-state index in [9.17, 15) is 14.4 Å². The van der Waals surface area contributed by atoms with Crippen LogP contribution in [0.2, 0.25) is 0 Å². The number of benzene rings is 2. The lowest BCUT2D eigenvalue weighted by molar-refractivity contribution is -0.158. The molecule has 0 radical (unpaired) electrons. The normalized spacial score (nSPS) is 11.3. The van der Waals surface area contributed by atoms with Gasteiger partial charge in [0, 0.05) is 11.1 Å². The molecule has 29 heavy (non-hydrogen) atoms. The second-order valence-corrected chi connectivity index (χ2v) is 7.60. The maximum absolute atomic E-state index is 12.8. The fraction of sp³-hybridized carbons (Fsp3) is 0.261. The van der Waals surface area contributed by atoms with Gasteiger partial charge in [-0.3, -0.25) is 4.79 Å². The molecule has 0 N–H and O–H groups in total. The van der Waals surface area contributed by atoms with Crippen molar-refractivity contribution in [2.45, 2.75) is 33.3 Å². The maximum atomic E-state index is 12.8. The Morgan fingerprint density at radius 2 is 1.69 bits per heavy atom. The van der Waals surface area contributed by atoms with Gasteiger partial charge in [0.2, 0.25) is 0 Å². The van der Waals surface area contributed by atoms with Gasteiger partial charge in [0.15, 0.2) is 17.6 Å². The zero-order chi connectivity index (χ0) is 21.2. The van der Waals surface area contributed by atoms with E-state index in [0.29, 0.717) is 11.3 Å². The molecule has 0 spiro atoms. The van der Waals surface area contributed by atoms with Crippen molar-refractivity contribution in [1.82, 2.24) is 0 Å². The summed E-state index contributed by atoms with van der Waals surface area (Å²) in [6, 6.07) is 13.8. The first-order valence-electron chi connectivity index (χ1n) is 9.18. The highest BCUT2D eigenvalue weighted by Gasteiger charge is 2.21. The van der Waals surface area contributed by atoms with E-state index < -0.39 is 24.1 Å². The maximum Gasteiger partial charge on any atom is 0.344 e. The number of fused-ring (bicyclic) bond motifs is 1. The Labute approximate surface area is 168 Å². The molecule has 150 valence electrons. The summed E-state index contributed by atoms with van der Waals surface area (Å²) >= 11 is 0. The smallest absolute Gasteiger partial charge is 0.344 e. The number of ether oxygens (including phenoxy) is 2. The first-order valence-corrected chi connectivity index (χ1v) is 9.18. The van der Waals surface area contributed by atoms with E-state index in [1.54, 1.807) is 39.8 Å². The Morgan fingerprint density at radius 3 is 2.34 bits per heavy atom. The summed E-state index contributed by atoms with van der Waals surface area (Å²) in [5, 5.41) is 0.272. The molecule has 0 aliphatic rings. The molecule has 6 heteroatoms. The molecule has 0 atom stereocenters. The van der Waals surface area contributed by atoms with Crippen LogP contribution < -0.4 is 5.43 Å². The second kappa shape index (κ2) is 7.91. The van der Waals surface area contributed by atoms with Crippen molar-refractivity contribution in [3.63, 3.8) is 0 Å². The van der Waals surface area contributed by atoms with E-state index in [-0.39, 0.29) is 22.0 Å². The molecular formula is C23H22O6. The van der Waals surface area contributed by atoms with Crippen molar-refractivity contribution in [3.05, 3.63) is 69.9 Å². The molecule has 1 aromatic heterocycles. The van der Waals surface area contributed by atoms with E-state index in [1.165, 1.54) is 6.07 Å². The summed E-state index contributed by atoms with van der Waals surface area (Å²) in [6.07, 6.45) is 0. The molecule has 3 aromatic rings. The van der Waals surface area contributed by atoms with Crippen molar-refractivity contribution in [1.29, 1.82) is 0 Å². The molecule has 0 amide bonds. The molecule has 3 rings (SSSR count). The fourth-order valence-corrected chi connectivity index (χ4v) is 2.91. The number of carbonyl (C=O) groups is 2. The van der Waals surface area contributed by atoms with Gasteiger partial charge in [-0.25, -0.2) is 9.59 Å². The second-order valence-electron chi connectivity index (χ2n) is 7.60. The predicted molar refractivity (Wildman–Crippen MR) is 109 cm³/mol. The number of hydrogen-bond acceptors (Lipinski definition) is 6. The Morgan fingerprint density at radius 1 is 1.00 bits per heavy atom. The van der Waals surface area contributed by atoms with Gasteiger partial charge in [-0.15, -0.1) is 0 Å². The first-order chi connectivity index (χ1) is 13.7. The van der Waals surface area contributed by atoms with E-state index in [0.717, 1.165) is 5.56 Å². The molecule has 0 bridgehead atoms. The van der Waals surface area contributed by atoms with Crippen LogP contribution in [-0.4, -0.2) is 24.1 Å². The lowest BCUT2D eigenvalue weighted by Gasteiger charge is -2.19. The molecule has 0 unspecified atom stereocenters. The molecule has 0 saturated heterocycles. The molecule has 2 aromatic carbocycles. The number of rotatable bonds is 4. The number of hydrogen-bond donors (Lipinski definition) is 0. The van der Waals surface area contributed by atoms with Gasteiger partial charge >= 0.3 is 11.9 Å². The number of carbonyl (C=O) groups excluding carboxylic acids is 2. The monoisotopic (exact) mass is 394 g/mol. The first kappa shape index (κ1) is 20.3. The summed E-state index contributed by atoms with van der Waals surface area (Å²) in [4.78, 5) is 37.2. The predicted octanol–water partition coefficient (Wildman–Crippen LogP) is 4.27. The van der Waals surface area contributed by atoms with Crippen molar-refractivity contribution >= 4 is 22.9 Å². The largest absolute Gasteiger partial charge is 0.457 e. The minimum atomic E-state index is -0.771. The summed E-state index contributed by atoms with van der Waals surface area (Å²) < 4.78 is 16.2. The van der Waals surface area contributed by atoms with Crippen LogP contribution in [0.1, 0.15) is 36.7 Å². The highest BCUT2D eigenvalue weighted by molar-refractivity contribution is 6.02. The van der Waals surface area contributed by atoms with Gasteiger partial charge in [0.05, 0.1) is 5.39 Å². The van der Waals surface area contributed by atoms with Crippen molar-refractivity contribution in [2.24, 2.45) is 0 Å². The average molecular weight is 394 g/mol. The summed E-state index contributed by atoms with van der Waals surface area (Å²) in [7, 11) is 0. The third-order valence-electron chi connectivity index (χ3n) is 4.14. The lowest BCUT2D eigenvalue weighted by Crippen LogP contribution is -2.27. The highest BCUT2D eigenvalue weighted by Crippen LogP contribution is 2.27. The van der Waals surface area contributed by atoms with Crippen LogP contribution in [0.3, 0.4) is 0 Å². The van der Waals surface area contributed by atoms with Crippen molar-refractivity contribution in [2.75, 3.05) is 6.61 Å². The number of esters is 2. The fourth-order valence-electron chi connectivity index (χ4n) is 2.91. The molecule has 0 aliphatic carbocycles. The molecule has 0 saturated carbocycles. The quantitative estimate of drug-likeness (QED) is 0.615. The third kappa shape index (κ3) is 4.54. The Hall–Kier alpha value is -3.41. The van der Waals surface area contributed by atoms with Crippen LogP contribution in [-0.2, 0) is 14.3 Å². The van der Waals surface area contributed by atoms with Crippen LogP contribution in [0.25, 0.3) is 22.3 Å². The van der Waals surface area contributed by atoms with Crippen LogP contribution in [0, 0.1) is 6.92 Å². The molecule has 0 fully saturated rings. The number of para-hydroxylation sites is 1. The van der Waals surface area contributed by atoms with Crippen LogP contribution >= 0.6 is 0 Å². The average Bonchev–Trinajstić information content (AvgIpc) is 2.67. The molecule has 0 aliphatic heterocycles. The Kier molecular flexibility index (Phi) is 5.55. The van der Waals surface area contributed by atoms with E-state index >= 15 is 0 Å². The Bertz CT molecular complexity index is 1120. The van der Waals surface area contributed by atoms with Crippen LogP contribution in [0.15, 0.2) is 57.7 Å². The molecular weight excluding hydrogens is 372 g/mol. The van der Waals surface area contributed by atoms with Crippen LogP contribution in [0.4, 0.5) is 0 Å². The van der Waals surface area contributed by atoms with E-state index in [4.69, 9.17) is 13.9 Å². The zero-order valence-corrected chi connectivity index (χ0v) is 16.8. The SMILES string of the molecule is Cc1c(-c2ccccc2)oc2c(C(=O)OCC(=O)OC(C)(C)C)cccc2c1=O. The van der Waals surface area contributed by atoms with Crippen molar-refractivity contribution < 1.29 is 23.5 Å². The topological polar surface area (TPSA) is 82.8 Å². The summed E-state index contributed by atoms with van der Waals surface area (Å²) in [5.74, 6) is -1.05. The van der Waals surface area contributed by atoms with Gasteiger partial charge in [-0.2, -0.15) is 0 Å². The van der Waals surface area contributed by atoms with Gasteiger partial charge in [0.25, 0.3) is 0 Å². The zero-order valence-electron chi connectivity index (χ0n) is 16.8. The third-order valence-corrected chi connectivity index (χ3v) is 4.14. The summed E-state index contributed by atoms with van der Waals surface area (Å²) in [6.45, 7) is 6.31. The van der Waals surface area contributed by atoms with Gasteiger partial charge in [-0.1, -0.05) is 36.4 Å². The minimum Gasteiger partial charge on any atom is -0.457 e. The van der Waals surface area contributed by atoms with E-state index in [1.807, 2.05) is 30.3 Å². The van der Waals surface area contributed by atoms with Gasteiger partial charge < -0.3 is 13.9 Å². The lowest BCUT2D eigenvalue weighted by atomic mass is 10.0. The highest BCUT2D eigenvalue weighted by atomic mass is 16.6. The van der Waals surface area contributed by atoms with Gasteiger partial charge in [-0.05, 0) is 39.8 Å². The standard InChI is InChI=1S/C23H22O6/c1-14-19(25)16-11-8-12-17(22(26)27-13-18(24)29-23(2,3)4)21(16)28-20(14)15-9-6-5-7-10-15/h5-12H,13H2,1-4H3. The van der Waals surface area contributed by atoms with Gasteiger partial charge in [0.1, 0.15) is 16.9 Å². The minimum absolute atomic E-state index is 0.0698. The molecule has 6 nitrogen and oxygen atoms in total. The van der Waals surface area contributed by atoms with Crippen molar-refractivity contribution in [3.8, 4) is 11.3 Å².